The Hall–Kier alpha value is -2.42. The Bertz CT molecular complexity index is 647. The van der Waals surface area contributed by atoms with E-state index in [2.05, 4.69) is 5.32 Å². The van der Waals surface area contributed by atoms with E-state index in [4.69, 9.17) is 0 Å². The molecule has 0 aliphatic carbocycles. The lowest BCUT2D eigenvalue weighted by molar-refractivity contribution is -0.119. The number of nitrogens with one attached hydrogen (secondary N) is 1. The van der Waals surface area contributed by atoms with Gasteiger partial charge in [-0.1, -0.05) is 48.5 Å². The molecule has 0 spiro atoms. The zero-order valence-corrected chi connectivity index (χ0v) is 10.3. The summed E-state index contributed by atoms with van der Waals surface area (Å²) in [5, 5.41) is 2.38. The summed E-state index contributed by atoms with van der Waals surface area (Å²) >= 11 is 0. The zero-order valence-electron chi connectivity index (χ0n) is 10.3. The van der Waals surface area contributed by atoms with Gasteiger partial charge in [0.05, 0.1) is 6.42 Å². The number of carbonyl (C=O) groups excluding carboxylic acids is 2. The lowest BCUT2D eigenvalue weighted by Gasteiger charge is -2.18. The highest BCUT2D eigenvalue weighted by molar-refractivity contribution is 6.10. The summed E-state index contributed by atoms with van der Waals surface area (Å²) in [5.41, 5.74) is 3.60. The van der Waals surface area contributed by atoms with Crippen molar-refractivity contribution in [2.75, 3.05) is 0 Å². The van der Waals surface area contributed by atoms with Crippen molar-refractivity contribution >= 4 is 11.8 Å². The lowest BCUT2D eigenvalue weighted by atomic mass is 9.91. The van der Waals surface area contributed by atoms with Gasteiger partial charge in [-0.15, -0.1) is 0 Å². The third-order valence-electron chi connectivity index (χ3n) is 3.31. The predicted molar refractivity (Wildman–Crippen MR) is 71.9 cm³/mol. The van der Waals surface area contributed by atoms with Crippen LogP contribution in [0.15, 0.2) is 48.5 Å². The molecule has 0 bridgehead atoms. The first-order chi connectivity index (χ1) is 9.24. The van der Waals surface area contributed by atoms with E-state index in [1.165, 1.54) is 0 Å². The van der Waals surface area contributed by atoms with Gasteiger partial charge in [0.2, 0.25) is 5.91 Å². The van der Waals surface area contributed by atoms with Crippen molar-refractivity contribution in [3.8, 4) is 0 Å². The fourth-order valence-corrected chi connectivity index (χ4v) is 2.46. The van der Waals surface area contributed by atoms with E-state index in [1.54, 1.807) is 0 Å². The van der Waals surface area contributed by atoms with Crippen LogP contribution in [0.3, 0.4) is 0 Å². The minimum atomic E-state index is -0.280. The summed E-state index contributed by atoms with van der Waals surface area (Å²) in [5.74, 6) is -0.507. The third-order valence-corrected chi connectivity index (χ3v) is 3.31. The molecule has 0 saturated carbocycles. The van der Waals surface area contributed by atoms with Crippen LogP contribution in [0, 0.1) is 0 Å². The molecular weight excluding hydrogens is 238 g/mol. The van der Waals surface area contributed by atoms with E-state index in [0.717, 1.165) is 16.7 Å². The van der Waals surface area contributed by atoms with Gasteiger partial charge in [0.1, 0.15) is 0 Å². The van der Waals surface area contributed by atoms with Crippen molar-refractivity contribution in [2.45, 2.75) is 12.8 Å². The highest BCUT2D eigenvalue weighted by Crippen LogP contribution is 2.21. The SMILES string of the molecule is O=C1Cc2cccc(Cc3ccccc3)c2C(=O)N1. The molecule has 0 atom stereocenters. The second kappa shape index (κ2) is 4.69. The van der Waals surface area contributed by atoms with Gasteiger partial charge < -0.3 is 0 Å². The smallest absolute Gasteiger partial charge is 0.258 e. The Morgan fingerprint density at radius 3 is 2.53 bits per heavy atom. The first kappa shape index (κ1) is 11.7. The van der Waals surface area contributed by atoms with E-state index >= 15 is 0 Å². The highest BCUT2D eigenvalue weighted by Gasteiger charge is 2.24. The molecule has 94 valence electrons. The number of rotatable bonds is 2. The van der Waals surface area contributed by atoms with Gasteiger partial charge >= 0.3 is 0 Å². The molecule has 1 aliphatic heterocycles. The summed E-state index contributed by atoms with van der Waals surface area (Å²) < 4.78 is 0. The maximum Gasteiger partial charge on any atom is 0.258 e. The summed E-state index contributed by atoms with van der Waals surface area (Å²) in [7, 11) is 0. The van der Waals surface area contributed by atoms with E-state index in [0.29, 0.717) is 12.0 Å². The summed E-state index contributed by atoms with van der Waals surface area (Å²) in [6.45, 7) is 0. The molecule has 0 aromatic heterocycles. The van der Waals surface area contributed by atoms with Gasteiger partial charge in [-0.2, -0.15) is 0 Å². The summed E-state index contributed by atoms with van der Waals surface area (Å²) in [6.07, 6.45) is 0.981. The lowest BCUT2D eigenvalue weighted by Crippen LogP contribution is -2.38. The molecule has 19 heavy (non-hydrogen) atoms. The van der Waals surface area contributed by atoms with Crippen molar-refractivity contribution in [3.63, 3.8) is 0 Å². The highest BCUT2D eigenvalue weighted by atomic mass is 16.2. The second-order valence-electron chi connectivity index (χ2n) is 4.67. The van der Waals surface area contributed by atoms with Crippen molar-refractivity contribution in [1.29, 1.82) is 0 Å². The first-order valence-corrected chi connectivity index (χ1v) is 6.23. The minimum Gasteiger partial charge on any atom is -0.292 e. The third kappa shape index (κ3) is 2.27. The van der Waals surface area contributed by atoms with Crippen molar-refractivity contribution in [2.24, 2.45) is 0 Å². The number of hydrogen-bond acceptors (Lipinski definition) is 2. The molecular formula is C16H13NO2. The number of fused-ring (bicyclic) bond motifs is 1. The molecule has 0 unspecified atom stereocenters. The molecule has 0 radical (unpaired) electrons. The fourth-order valence-electron chi connectivity index (χ4n) is 2.46. The number of imide groups is 1. The van der Waals surface area contributed by atoms with Gasteiger partial charge in [-0.05, 0) is 23.1 Å². The Morgan fingerprint density at radius 1 is 0.947 bits per heavy atom. The van der Waals surface area contributed by atoms with Crippen LogP contribution in [0.1, 0.15) is 27.0 Å². The molecule has 2 aromatic rings. The van der Waals surface area contributed by atoms with Gasteiger partial charge in [0.25, 0.3) is 5.91 Å². The molecule has 3 heteroatoms. The van der Waals surface area contributed by atoms with Crippen LogP contribution in [0.2, 0.25) is 0 Å². The van der Waals surface area contributed by atoms with Crippen molar-refractivity contribution < 1.29 is 9.59 Å². The van der Waals surface area contributed by atoms with E-state index in [9.17, 15) is 9.59 Å². The number of hydrogen-bond donors (Lipinski definition) is 1. The first-order valence-electron chi connectivity index (χ1n) is 6.23. The van der Waals surface area contributed by atoms with Gasteiger partial charge in [0, 0.05) is 5.56 Å². The van der Waals surface area contributed by atoms with Crippen LogP contribution < -0.4 is 5.32 Å². The second-order valence-corrected chi connectivity index (χ2v) is 4.67. The largest absolute Gasteiger partial charge is 0.292 e. The average Bonchev–Trinajstić information content (AvgIpc) is 2.39. The molecule has 0 saturated heterocycles. The van der Waals surface area contributed by atoms with Gasteiger partial charge in [-0.25, -0.2) is 0 Å². The summed E-state index contributed by atoms with van der Waals surface area (Å²) in [4.78, 5) is 23.3. The monoisotopic (exact) mass is 251 g/mol. The predicted octanol–water partition coefficient (Wildman–Crippen LogP) is 2.09. The van der Waals surface area contributed by atoms with Crippen molar-refractivity contribution in [1.82, 2.24) is 5.32 Å². The number of carbonyl (C=O) groups is 2. The Kier molecular flexibility index (Phi) is 2.88. The van der Waals surface area contributed by atoms with E-state index in [1.807, 2.05) is 48.5 Å². The molecule has 1 aliphatic rings. The maximum atomic E-state index is 12.0. The Balaban J connectivity index is 2.02. The van der Waals surface area contributed by atoms with E-state index < -0.39 is 0 Å². The molecule has 1 heterocycles. The maximum absolute atomic E-state index is 12.0. The Morgan fingerprint density at radius 2 is 1.74 bits per heavy atom. The van der Waals surface area contributed by atoms with Crippen LogP contribution in [0.5, 0.6) is 0 Å². The van der Waals surface area contributed by atoms with Crippen LogP contribution >= 0.6 is 0 Å². The zero-order chi connectivity index (χ0) is 13.2. The Labute approximate surface area is 111 Å². The van der Waals surface area contributed by atoms with E-state index in [-0.39, 0.29) is 18.2 Å². The molecule has 2 amide bonds. The van der Waals surface area contributed by atoms with Crippen LogP contribution in [-0.2, 0) is 17.6 Å². The molecule has 0 fully saturated rings. The average molecular weight is 251 g/mol. The van der Waals surface area contributed by atoms with Gasteiger partial charge in [0.15, 0.2) is 0 Å². The normalized spacial score (nSPS) is 13.9. The topological polar surface area (TPSA) is 46.2 Å². The van der Waals surface area contributed by atoms with Crippen LogP contribution in [-0.4, -0.2) is 11.8 Å². The standard InChI is InChI=1S/C16H13NO2/c18-14-10-13-8-4-7-12(15(13)16(19)17-14)9-11-5-2-1-3-6-11/h1-8H,9-10H2,(H,17,18,19). The molecule has 3 nitrogen and oxygen atoms in total. The van der Waals surface area contributed by atoms with Gasteiger partial charge in [-0.3, -0.25) is 14.9 Å². The molecule has 2 aromatic carbocycles. The minimum absolute atomic E-state index is 0.227. The van der Waals surface area contributed by atoms with Crippen LogP contribution in [0.25, 0.3) is 0 Å². The van der Waals surface area contributed by atoms with Crippen molar-refractivity contribution in [3.05, 3.63) is 70.8 Å². The van der Waals surface area contributed by atoms with Crippen LogP contribution in [0.4, 0.5) is 0 Å². The molecule has 3 rings (SSSR count). The fraction of sp³-hybridized carbons (Fsp3) is 0.125. The summed E-state index contributed by atoms with van der Waals surface area (Å²) in [6, 6.07) is 15.7. The quantitative estimate of drug-likeness (QED) is 0.831. The number of amides is 2. The number of benzene rings is 2. The molecule has 1 N–H and O–H groups in total.